The van der Waals surface area contributed by atoms with E-state index in [4.69, 9.17) is 27.9 Å². The van der Waals surface area contributed by atoms with Crippen molar-refractivity contribution >= 4 is 57.1 Å². The number of hydrogen-bond acceptors (Lipinski definition) is 5. The Balaban J connectivity index is 2.10. The van der Waals surface area contributed by atoms with E-state index in [1.54, 1.807) is 31.2 Å². The number of aromatic amines is 1. The lowest BCUT2D eigenvalue weighted by molar-refractivity contribution is -0.383. The van der Waals surface area contributed by atoms with Gasteiger partial charge in [0, 0.05) is 22.8 Å². The van der Waals surface area contributed by atoms with Crippen molar-refractivity contribution in [2.75, 3.05) is 11.9 Å². The maximum Gasteiger partial charge on any atom is 0.354 e. The van der Waals surface area contributed by atoms with Gasteiger partial charge in [-0.2, -0.15) is 0 Å². The van der Waals surface area contributed by atoms with Crippen LogP contribution in [0.4, 0.5) is 17.1 Å². The van der Waals surface area contributed by atoms with E-state index < -0.39 is 10.9 Å². The highest BCUT2D eigenvalue weighted by Crippen LogP contribution is 2.35. The summed E-state index contributed by atoms with van der Waals surface area (Å²) in [6.45, 7) is 1.88. The van der Waals surface area contributed by atoms with Crippen molar-refractivity contribution < 1.29 is 14.5 Å². The predicted octanol–water partition coefficient (Wildman–Crippen LogP) is 5.30. The van der Waals surface area contributed by atoms with Crippen molar-refractivity contribution in [3.05, 3.63) is 62.3 Å². The maximum atomic E-state index is 12.0. The molecule has 2 aromatic carbocycles. The minimum absolute atomic E-state index is 0.133. The molecule has 0 atom stereocenters. The predicted molar refractivity (Wildman–Crippen MR) is 101 cm³/mol. The average Bonchev–Trinajstić information content (AvgIpc) is 3.04. The highest BCUT2D eigenvalue weighted by atomic mass is 35.5. The van der Waals surface area contributed by atoms with Crippen LogP contribution in [0.2, 0.25) is 10.0 Å². The van der Waals surface area contributed by atoms with Gasteiger partial charge in [0.15, 0.2) is 0 Å². The van der Waals surface area contributed by atoms with E-state index in [1.807, 2.05) is 0 Å². The van der Waals surface area contributed by atoms with Gasteiger partial charge in [0.2, 0.25) is 0 Å². The van der Waals surface area contributed by atoms with Gasteiger partial charge in [0.05, 0.1) is 21.6 Å². The van der Waals surface area contributed by atoms with Crippen LogP contribution in [0.1, 0.15) is 17.4 Å². The summed E-state index contributed by atoms with van der Waals surface area (Å²) in [7, 11) is 0. The van der Waals surface area contributed by atoms with Gasteiger partial charge in [-0.25, -0.2) is 4.79 Å². The van der Waals surface area contributed by atoms with E-state index >= 15 is 0 Å². The van der Waals surface area contributed by atoms with Crippen LogP contribution in [-0.4, -0.2) is 22.5 Å². The van der Waals surface area contributed by atoms with Crippen molar-refractivity contribution in [2.45, 2.75) is 6.92 Å². The molecule has 0 amide bonds. The quantitative estimate of drug-likeness (QED) is 0.348. The Morgan fingerprint density at radius 1 is 1.23 bits per heavy atom. The third kappa shape index (κ3) is 3.44. The molecule has 0 saturated carbocycles. The first kappa shape index (κ1) is 18.0. The molecular formula is C17H13Cl2N3O4. The largest absolute Gasteiger partial charge is 0.461 e. The molecule has 7 nitrogen and oxygen atoms in total. The van der Waals surface area contributed by atoms with Gasteiger partial charge in [-0.3, -0.25) is 10.1 Å². The van der Waals surface area contributed by atoms with Crippen molar-refractivity contribution in [3.8, 4) is 0 Å². The number of hydrogen-bond donors (Lipinski definition) is 2. The zero-order valence-electron chi connectivity index (χ0n) is 13.5. The summed E-state index contributed by atoms with van der Waals surface area (Å²) in [6, 6.07) is 9.42. The fourth-order valence-electron chi connectivity index (χ4n) is 2.51. The highest BCUT2D eigenvalue weighted by molar-refractivity contribution is 6.42. The minimum Gasteiger partial charge on any atom is -0.461 e. The maximum absolute atomic E-state index is 12.0. The first-order valence-electron chi connectivity index (χ1n) is 7.60. The Hall–Kier alpha value is -2.77. The van der Waals surface area contributed by atoms with Gasteiger partial charge in [-0.15, -0.1) is 0 Å². The number of aromatic nitrogens is 1. The number of nitrogens with one attached hydrogen (secondary N) is 2. The van der Waals surface area contributed by atoms with E-state index in [0.717, 1.165) is 0 Å². The van der Waals surface area contributed by atoms with Crippen molar-refractivity contribution in [1.29, 1.82) is 0 Å². The molecule has 0 spiro atoms. The zero-order chi connectivity index (χ0) is 18.8. The Bertz CT molecular complexity index is 1020. The third-order valence-corrected chi connectivity index (χ3v) is 4.40. The normalized spacial score (nSPS) is 10.7. The molecule has 3 aromatic rings. The number of nitro groups is 1. The molecule has 0 aliphatic rings. The molecule has 1 heterocycles. The van der Waals surface area contributed by atoms with Crippen LogP contribution >= 0.6 is 23.2 Å². The minimum atomic E-state index is -0.585. The number of nitro benzene ring substituents is 1. The number of nitrogens with zero attached hydrogens (tertiary/aromatic N) is 1. The van der Waals surface area contributed by atoms with Crippen LogP contribution in [0, 0.1) is 10.1 Å². The lowest BCUT2D eigenvalue weighted by Gasteiger charge is -2.09. The van der Waals surface area contributed by atoms with Crippen LogP contribution in [0.15, 0.2) is 36.4 Å². The molecule has 0 fully saturated rings. The van der Waals surface area contributed by atoms with Gasteiger partial charge in [0.25, 0.3) is 5.69 Å². The van der Waals surface area contributed by atoms with Crippen LogP contribution < -0.4 is 5.32 Å². The Morgan fingerprint density at radius 2 is 2.00 bits per heavy atom. The molecular weight excluding hydrogens is 381 g/mol. The Labute approximate surface area is 158 Å². The number of benzene rings is 2. The number of rotatable bonds is 5. The number of ether oxygens (including phenoxy) is 1. The van der Waals surface area contributed by atoms with Crippen LogP contribution in [0.5, 0.6) is 0 Å². The number of halogens is 2. The molecule has 0 saturated heterocycles. The molecule has 26 heavy (non-hydrogen) atoms. The lowest BCUT2D eigenvalue weighted by Crippen LogP contribution is -2.04. The summed E-state index contributed by atoms with van der Waals surface area (Å²) in [5.74, 6) is -0.585. The molecule has 134 valence electrons. The number of carbonyl (C=O) groups excluding carboxylic acids is 1. The zero-order valence-corrected chi connectivity index (χ0v) is 15.0. The van der Waals surface area contributed by atoms with Crippen molar-refractivity contribution in [3.63, 3.8) is 0 Å². The van der Waals surface area contributed by atoms with E-state index in [2.05, 4.69) is 10.3 Å². The van der Waals surface area contributed by atoms with Crippen LogP contribution in [0.25, 0.3) is 10.9 Å². The van der Waals surface area contributed by atoms with Crippen molar-refractivity contribution in [1.82, 2.24) is 4.98 Å². The Kier molecular flexibility index (Phi) is 5.01. The number of fused-ring (bicyclic) bond motifs is 1. The second-order valence-corrected chi connectivity index (χ2v) is 6.15. The fraction of sp³-hybridized carbons (Fsp3) is 0.118. The second kappa shape index (κ2) is 7.23. The molecule has 2 N–H and O–H groups in total. The number of non-ortho nitro benzene ring substituents is 1. The molecule has 0 unspecified atom stereocenters. The number of H-pyrrole nitrogens is 1. The molecule has 9 heteroatoms. The summed E-state index contributed by atoms with van der Waals surface area (Å²) < 4.78 is 4.95. The number of anilines is 2. The summed E-state index contributed by atoms with van der Waals surface area (Å²) in [4.78, 5) is 25.5. The molecule has 0 radical (unpaired) electrons. The van der Waals surface area contributed by atoms with Crippen molar-refractivity contribution in [2.24, 2.45) is 0 Å². The molecule has 0 aliphatic carbocycles. The Morgan fingerprint density at radius 3 is 2.65 bits per heavy atom. The number of carbonyl (C=O) groups is 1. The van der Waals surface area contributed by atoms with Gasteiger partial charge in [-0.05, 0) is 37.3 Å². The summed E-state index contributed by atoms with van der Waals surface area (Å²) >= 11 is 11.9. The standard InChI is InChI=1S/C17H13Cl2N3O4/c1-2-26-17(23)14-8-10-13(5-6-15(22(24)25)16(10)21-14)20-9-3-4-11(18)12(19)7-9/h3-8,20-21H,2H2,1H3. The average molecular weight is 394 g/mol. The first-order chi connectivity index (χ1) is 12.4. The van der Waals surface area contributed by atoms with Crippen LogP contribution in [-0.2, 0) is 4.74 Å². The molecule has 1 aromatic heterocycles. The van der Waals surface area contributed by atoms with E-state index in [9.17, 15) is 14.9 Å². The first-order valence-corrected chi connectivity index (χ1v) is 8.35. The smallest absolute Gasteiger partial charge is 0.354 e. The SMILES string of the molecule is CCOC(=O)c1cc2c(Nc3ccc(Cl)c(Cl)c3)ccc([N+](=O)[O-])c2[nH]1. The molecule has 0 bridgehead atoms. The third-order valence-electron chi connectivity index (χ3n) is 3.66. The summed E-state index contributed by atoms with van der Waals surface area (Å²) in [5, 5.41) is 15.7. The van der Waals surface area contributed by atoms with E-state index in [1.165, 1.54) is 12.1 Å². The van der Waals surface area contributed by atoms with E-state index in [0.29, 0.717) is 26.8 Å². The highest BCUT2D eigenvalue weighted by Gasteiger charge is 2.20. The van der Waals surface area contributed by atoms with Gasteiger partial charge < -0.3 is 15.0 Å². The monoisotopic (exact) mass is 393 g/mol. The van der Waals surface area contributed by atoms with Crippen LogP contribution in [0.3, 0.4) is 0 Å². The summed E-state index contributed by atoms with van der Waals surface area (Å²) in [5.41, 5.74) is 1.43. The fourth-order valence-corrected chi connectivity index (χ4v) is 2.81. The molecule has 0 aliphatic heterocycles. The van der Waals surface area contributed by atoms with E-state index in [-0.39, 0.29) is 23.5 Å². The van der Waals surface area contributed by atoms with Gasteiger partial charge in [-0.1, -0.05) is 23.2 Å². The van der Waals surface area contributed by atoms with Gasteiger partial charge >= 0.3 is 5.97 Å². The topological polar surface area (TPSA) is 97.3 Å². The lowest BCUT2D eigenvalue weighted by atomic mass is 10.1. The number of esters is 1. The molecule has 3 rings (SSSR count). The summed E-state index contributed by atoms with van der Waals surface area (Å²) in [6.07, 6.45) is 0. The van der Waals surface area contributed by atoms with Gasteiger partial charge in [0.1, 0.15) is 11.2 Å². The second-order valence-electron chi connectivity index (χ2n) is 5.34.